The van der Waals surface area contributed by atoms with Gasteiger partial charge in [-0.3, -0.25) is 4.90 Å². The van der Waals surface area contributed by atoms with Gasteiger partial charge in [0.2, 0.25) is 0 Å². The van der Waals surface area contributed by atoms with Crippen molar-refractivity contribution < 1.29 is 54.2 Å². The molecule has 3 aromatic rings. The molecule has 0 aliphatic carbocycles. The first-order valence-corrected chi connectivity index (χ1v) is 14.3. The Balaban J connectivity index is 1.69. The van der Waals surface area contributed by atoms with E-state index in [1.807, 2.05) is 0 Å². The van der Waals surface area contributed by atoms with Crippen molar-refractivity contribution in [1.29, 1.82) is 0 Å². The Labute approximate surface area is 262 Å². The molecule has 2 aromatic carbocycles. The Kier molecular flexibility index (Phi) is 8.85. The van der Waals surface area contributed by atoms with Gasteiger partial charge in [0, 0.05) is 25.4 Å². The number of alkyl halides is 9. The van der Waals surface area contributed by atoms with Crippen molar-refractivity contribution in [2.75, 3.05) is 36.1 Å². The SMILES string of the molecule is CC[C@]1(N)C[C@H](c2ncc(N3CCOCC3)c(Cc3cc(C(F)(F)F)cc(C(F)(F)F)c3)n2)c2cc(C(F)(F)F)ccc2N1C(=O)O. The van der Waals surface area contributed by atoms with E-state index in [1.165, 1.54) is 6.20 Å². The van der Waals surface area contributed by atoms with Gasteiger partial charge in [0.25, 0.3) is 0 Å². The summed E-state index contributed by atoms with van der Waals surface area (Å²) in [6.07, 6.45) is -16.0. The number of hydrogen-bond donors (Lipinski definition) is 2. The molecule has 47 heavy (non-hydrogen) atoms. The third-order valence-corrected chi connectivity index (χ3v) is 8.32. The standard InChI is InChI=1S/C30H28F9N5O3/c1-2-27(40)14-21(20-13-17(28(31,32)33)3-4-23(20)44(27)26(45)46)25-41-15-24(43-5-7-47-8-6-43)22(42-25)11-16-9-18(29(34,35)36)12-19(10-16)30(37,38)39/h3-4,9-10,12-13,15,21H,2,5-8,11,14,40H2,1H3,(H,45,46)/t21-,27+/m0/s1. The van der Waals surface area contributed by atoms with Crippen LogP contribution in [0.15, 0.2) is 42.6 Å². The number of fused-ring (bicyclic) bond motifs is 1. The molecule has 0 saturated carbocycles. The largest absolute Gasteiger partial charge is 0.465 e. The molecule has 2 aliphatic rings. The highest BCUT2D eigenvalue weighted by molar-refractivity contribution is 5.90. The number of morpholine rings is 1. The lowest BCUT2D eigenvalue weighted by molar-refractivity contribution is -0.143. The normalized spacial score (nSPS) is 20.7. The molecule has 0 bridgehead atoms. The molecule has 2 aliphatic heterocycles. The molecule has 3 heterocycles. The minimum Gasteiger partial charge on any atom is -0.465 e. The molecule has 8 nitrogen and oxygen atoms in total. The van der Waals surface area contributed by atoms with Crippen molar-refractivity contribution in [2.45, 2.75) is 56.3 Å². The molecular formula is C30H28F9N5O3. The maximum absolute atomic E-state index is 13.8. The van der Waals surface area contributed by atoms with Crippen molar-refractivity contribution in [3.8, 4) is 0 Å². The topological polar surface area (TPSA) is 105 Å². The zero-order chi connectivity index (χ0) is 34.5. The number of ether oxygens (including phenoxy) is 1. The predicted molar refractivity (Wildman–Crippen MR) is 150 cm³/mol. The zero-order valence-corrected chi connectivity index (χ0v) is 24.6. The van der Waals surface area contributed by atoms with Gasteiger partial charge in [-0.05, 0) is 60.4 Å². The van der Waals surface area contributed by atoms with E-state index in [0.717, 1.165) is 17.0 Å². The van der Waals surface area contributed by atoms with E-state index < -0.39 is 59.3 Å². The second-order valence-corrected chi connectivity index (χ2v) is 11.4. The van der Waals surface area contributed by atoms with Crippen LogP contribution in [0.4, 0.5) is 55.7 Å². The van der Waals surface area contributed by atoms with E-state index >= 15 is 0 Å². The number of hydrogen-bond acceptors (Lipinski definition) is 6. The number of halogens is 9. The molecule has 2 atom stereocenters. The van der Waals surface area contributed by atoms with Crippen LogP contribution >= 0.6 is 0 Å². The van der Waals surface area contributed by atoms with E-state index in [4.69, 9.17) is 10.5 Å². The maximum Gasteiger partial charge on any atom is 0.416 e. The fourth-order valence-corrected chi connectivity index (χ4v) is 5.94. The van der Waals surface area contributed by atoms with E-state index in [9.17, 15) is 49.4 Å². The van der Waals surface area contributed by atoms with Crippen molar-refractivity contribution in [1.82, 2.24) is 9.97 Å². The number of nitrogens with two attached hydrogens (primary N) is 1. The Bertz CT molecular complexity index is 1620. The van der Waals surface area contributed by atoms with Crippen LogP contribution < -0.4 is 15.5 Å². The van der Waals surface area contributed by atoms with Gasteiger partial charge in [0.15, 0.2) is 0 Å². The summed E-state index contributed by atoms with van der Waals surface area (Å²) >= 11 is 0. The average molecular weight is 678 g/mol. The van der Waals surface area contributed by atoms with Gasteiger partial charge >= 0.3 is 24.6 Å². The number of carbonyl (C=O) groups is 1. The smallest absolute Gasteiger partial charge is 0.416 e. The lowest BCUT2D eigenvalue weighted by Gasteiger charge is -2.46. The van der Waals surface area contributed by atoms with E-state index in [1.54, 1.807) is 11.8 Å². The van der Waals surface area contributed by atoms with Crippen LogP contribution in [0, 0.1) is 0 Å². The quantitative estimate of drug-likeness (QED) is 0.279. The third kappa shape index (κ3) is 6.95. The number of anilines is 2. The lowest BCUT2D eigenvalue weighted by atomic mass is 9.80. The molecule has 1 amide bonds. The molecule has 254 valence electrons. The minimum atomic E-state index is -5.09. The number of benzene rings is 2. The summed E-state index contributed by atoms with van der Waals surface area (Å²) in [5, 5.41) is 10.0. The number of aromatic nitrogens is 2. The van der Waals surface area contributed by atoms with Crippen LogP contribution in [-0.4, -0.2) is 53.1 Å². The van der Waals surface area contributed by atoms with E-state index in [0.29, 0.717) is 31.3 Å². The van der Waals surface area contributed by atoms with Crippen molar-refractivity contribution in [2.24, 2.45) is 5.73 Å². The molecule has 0 radical (unpaired) electrons. The highest BCUT2D eigenvalue weighted by atomic mass is 19.4. The zero-order valence-electron chi connectivity index (χ0n) is 24.6. The molecule has 1 aromatic heterocycles. The Hall–Kier alpha value is -4.12. The minimum absolute atomic E-state index is 0.00870. The summed E-state index contributed by atoms with van der Waals surface area (Å²) in [6.45, 7) is 2.69. The summed E-state index contributed by atoms with van der Waals surface area (Å²) < 4.78 is 129. The van der Waals surface area contributed by atoms with Crippen LogP contribution in [0.1, 0.15) is 65.0 Å². The lowest BCUT2D eigenvalue weighted by Crippen LogP contribution is -2.61. The Morgan fingerprint density at radius 1 is 0.936 bits per heavy atom. The number of nitrogens with zero attached hydrogens (tertiary/aromatic N) is 4. The Morgan fingerprint density at radius 3 is 2.06 bits per heavy atom. The number of rotatable bonds is 5. The molecular weight excluding hydrogens is 649 g/mol. The molecule has 1 saturated heterocycles. The average Bonchev–Trinajstić information content (AvgIpc) is 2.99. The second-order valence-electron chi connectivity index (χ2n) is 11.4. The van der Waals surface area contributed by atoms with Crippen LogP contribution in [0.2, 0.25) is 0 Å². The highest BCUT2D eigenvalue weighted by Crippen LogP contribution is 2.47. The summed E-state index contributed by atoms with van der Waals surface area (Å²) in [5.74, 6) is -1.26. The summed E-state index contributed by atoms with van der Waals surface area (Å²) in [4.78, 5) is 23.8. The van der Waals surface area contributed by atoms with Gasteiger partial charge < -0.3 is 20.5 Å². The molecule has 0 unspecified atom stereocenters. The van der Waals surface area contributed by atoms with Crippen LogP contribution in [0.3, 0.4) is 0 Å². The molecule has 5 rings (SSSR count). The Morgan fingerprint density at radius 2 is 1.53 bits per heavy atom. The summed E-state index contributed by atoms with van der Waals surface area (Å²) in [6, 6.07) is 3.64. The van der Waals surface area contributed by atoms with Gasteiger partial charge in [-0.2, -0.15) is 39.5 Å². The van der Waals surface area contributed by atoms with E-state index in [-0.39, 0.29) is 66.1 Å². The molecule has 1 fully saturated rings. The van der Waals surface area contributed by atoms with Crippen molar-refractivity contribution >= 4 is 17.5 Å². The third-order valence-electron chi connectivity index (χ3n) is 8.32. The summed E-state index contributed by atoms with van der Waals surface area (Å²) in [5.41, 5.74) is 0.458. The van der Waals surface area contributed by atoms with Gasteiger partial charge in [-0.25, -0.2) is 14.8 Å². The molecule has 17 heteroatoms. The summed E-state index contributed by atoms with van der Waals surface area (Å²) in [7, 11) is 0. The first kappa shape index (κ1) is 34.2. The van der Waals surface area contributed by atoms with Crippen LogP contribution in [0.25, 0.3) is 0 Å². The van der Waals surface area contributed by atoms with Gasteiger partial charge in [0.05, 0.1) is 53.2 Å². The van der Waals surface area contributed by atoms with Gasteiger partial charge in [-0.15, -0.1) is 0 Å². The monoisotopic (exact) mass is 677 g/mol. The van der Waals surface area contributed by atoms with E-state index in [2.05, 4.69) is 9.97 Å². The van der Waals surface area contributed by atoms with Crippen molar-refractivity contribution in [3.63, 3.8) is 0 Å². The highest BCUT2D eigenvalue weighted by Gasteiger charge is 2.47. The van der Waals surface area contributed by atoms with Crippen LogP contribution in [0.5, 0.6) is 0 Å². The molecule has 3 N–H and O–H groups in total. The van der Waals surface area contributed by atoms with Crippen molar-refractivity contribution in [3.05, 3.63) is 81.9 Å². The maximum atomic E-state index is 13.8. The predicted octanol–water partition coefficient (Wildman–Crippen LogP) is 7.05. The number of carboxylic acid groups (broad SMARTS) is 1. The van der Waals surface area contributed by atoms with Gasteiger partial charge in [0.1, 0.15) is 11.5 Å². The fourth-order valence-electron chi connectivity index (χ4n) is 5.94. The molecule has 0 spiro atoms. The van der Waals surface area contributed by atoms with Gasteiger partial charge in [-0.1, -0.05) is 6.92 Å². The first-order valence-electron chi connectivity index (χ1n) is 14.3. The first-order chi connectivity index (χ1) is 21.8. The fraction of sp³-hybridized carbons (Fsp3) is 0.433. The number of amides is 1. The van der Waals surface area contributed by atoms with Crippen LogP contribution in [-0.2, 0) is 29.7 Å². The second kappa shape index (κ2) is 12.2.